The largest absolute Gasteiger partial charge is 0.398 e. The minimum atomic E-state index is -3.96. The summed E-state index contributed by atoms with van der Waals surface area (Å²) < 4.78 is 42.4. The summed E-state index contributed by atoms with van der Waals surface area (Å²) in [6.07, 6.45) is 0.577. The van der Waals surface area contributed by atoms with Crippen LogP contribution in [0.15, 0.2) is 23.1 Å². The Kier molecular flexibility index (Phi) is 6.10. The number of hydrogen-bond acceptors (Lipinski definition) is 5. The van der Waals surface area contributed by atoms with Crippen LogP contribution in [-0.2, 0) is 19.4 Å². The fraction of sp³-hybridized carbons (Fsp3) is 0.462. The molecule has 6 nitrogen and oxygen atoms in total. The molecule has 118 valence electrons. The number of hydrogen-bond donors (Lipinski definition) is 2. The van der Waals surface area contributed by atoms with E-state index in [-0.39, 0.29) is 10.6 Å². The van der Waals surface area contributed by atoms with Gasteiger partial charge in [0.1, 0.15) is 11.1 Å². The molecule has 0 aliphatic rings. The van der Waals surface area contributed by atoms with E-state index < -0.39 is 26.8 Å². The SMILES string of the molecule is COCCCNC(=O)C(C)S(=O)(=O)c1ccc(F)cc1N. The van der Waals surface area contributed by atoms with Crippen LogP contribution in [0.3, 0.4) is 0 Å². The van der Waals surface area contributed by atoms with Crippen LogP contribution in [0.1, 0.15) is 13.3 Å². The topological polar surface area (TPSA) is 98.5 Å². The molecule has 0 heterocycles. The number of amides is 1. The van der Waals surface area contributed by atoms with Gasteiger partial charge in [-0.25, -0.2) is 12.8 Å². The zero-order valence-corrected chi connectivity index (χ0v) is 12.7. The van der Waals surface area contributed by atoms with Crippen LogP contribution in [0.5, 0.6) is 0 Å². The quantitative estimate of drug-likeness (QED) is 0.438. The van der Waals surface area contributed by atoms with E-state index in [9.17, 15) is 17.6 Å². The highest BCUT2D eigenvalue weighted by atomic mass is 32.2. The smallest absolute Gasteiger partial charge is 0.238 e. The third-order valence-electron chi connectivity index (χ3n) is 2.94. The zero-order valence-electron chi connectivity index (χ0n) is 11.9. The number of sulfone groups is 1. The summed E-state index contributed by atoms with van der Waals surface area (Å²) in [7, 11) is -2.43. The van der Waals surface area contributed by atoms with Crippen molar-refractivity contribution in [2.24, 2.45) is 0 Å². The molecule has 0 radical (unpaired) electrons. The van der Waals surface area contributed by atoms with Crippen molar-refractivity contribution < 1.29 is 22.3 Å². The van der Waals surface area contributed by atoms with E-state index in [1.807, 2.05) is 0 Å². The summed E-state index contributed by atoms with van der Waals surface area (Å²) in [5.74, 6) is -1.27. The average Bonchev–Trinajstić information content (AvgIpc) is 2.42. The van der Waals surface area contributed by atoms with Gasteiger partial charge in [0.15, 0.2) is 9.84 Å². The number of ether oxygens (including phenoxy) is 1. The number of nitrogen functional groups attached to an aromatic ring is 1. The molecule has 3 N–H and O–H groups in total. The molecule has 21 heavy (non-hydrogen) atoms. The summed E-state index contributed by atoms with van der Waals surface area (Å²) in [5.41, 5.74) is 5.30. The lowest BCUT2D eigenvalue weighted by Gasteiger charge is -2.14. The number of benzene rings is 1. The molecule has 1 unspecified atom stereocenters. The molecule has 0 fully saturated rings. The molecule has 0 spiro atoms. The molecule has 1 amide bonds. The summed E-state index contributed by atoms with van der Waals surface area (Å²) in [5, 5.41) is 1.20. The molecule has 0 saturated heterocycles. The minimum absolute atomic E-state index is 0.214. The Morgan fingerprint density at radius 2 is 2.14 bits per heavy atom. The third-order valence-corrected chi connectivity index (χ3v) is 5.07. The van der Waals surface area contributed by atoms with Gasteiger partial charge in [-0.2, -0.15) is 0 Å². The van der Waals surface area contributed by atoms with E-state index in [4.69, 9.17) is 10.5 Å². The lowest BCUT2D eigenvalue weighted by molar-refractivity contribution is -0.120. The van der Waals surface area contributed by atoms with Crippen LogP contribution in [0, 0.1) is 5.82 Å². The third kappa shape index (κ3) is 4.40. The first kappa shape index (κ1) is 17.4. The van der Waals surface area contributed by atoms with Crippen molar-refractivity contribution in [3.05, 3.63) is 24.0 Å². The highest BCUT2D eigenvalue weighted by Crippen LogP contribution is 2.23. The van der Waals surface area contributed by atoms with E-state index >= 15 is 0 Å². The maximum absolute atomic E-state index is 13.0. The molecular formula is C13H19FN2O4S. The number of rotatable bonds is 7. The minimum Gasteiger partial charge on any atom is -0.398 e. The predicted molar refractivity (Wildman–Crippen MR) is 77.0 cm³/mol. The van der Waals surface area contributed by atoms with Gasteiger partial charge < -0.3 is 15.8 Å². The molecule has 1 aromatic rings. The average molecular weight is 318 g/mol. The Morgan fingerprint density at radius 1 is 1.48 bits per heavy atom. The first-order valence-corrected chi connectivity index (χ1v) is 7.91. The van der Waals surface area contributed by atoms with Gasteiger partial charge in [-0.1, -0.05) is 0 Å². The molecule has 1 aromatic carbocycles. The van der Waals surface area contributed by atoms with Crippen molar-refractivity contribution in [1.29, 1.82) is 0 Å². The monoisotopic (exact) mass is 318 g/mol. The van der Waals surface area contributed by atoms with Crippen LogP contribution in [0.25, 0.3) is 0 Å². The zero-order chi connectivity index (χ0) is 16.0. The lowest BCUT2D eigenvalue weighted by Crippen LogP contribution is -2.38. The fourth-order valence-corrected chi connectivity index (χ4v) is 3.07. The first-order chi connectivity index (χ1) is 9.80. The highest BCUT2D eigenvalue weighted by molar-refractivity contribution is 7.93. The molecule has 1 atom stereocenters. The molecule has 0 bridgehead atoms. The van der Waals surface area contributed by atoms with E-state index in [2.05, 4.69) is 5.32 Å². The lowest BCUT2D eigenvalue weighted by atomic mass is 10.3. The molecule has 8 heteroatoms. The van der Waals surface area contributed by atoms with Crippen LogP contribution < -0.4 is 11.1 Å². The molecule has 0 saturated carbocycles. The van der Waals surface area contributed by atoms with Crippen molar-refractivity contribution in [3.63, 3.8) is 0 Å². The summed E-state index contributed by atoms with van der Waals surface area (Å²) in [6.45, 7) is 2.04. The summed E-state index contributed by atoms with van der Waals surface area (Å²) in [6, 6.07) is 2.97. The van der Waals surface area contributed by atoms with Gasteiger partial charge in [0.25, 0.3) is 0 Å². The summed E-state index contributed by atoms with van der Waals surface area (Å²) in [4.78, 5) is 11.6. The number of carbonyl (C=O) groups is 1. The Balaban J connectivity index is 2.84. The predicted octanol–water partition coefficient (Wildman–Crippen LogP) is 0.723. The normalized spacial score (nSPS) is 12.9. The van der Waals surface area contributed by atoms with Gasteiger partial charge in [0.05, 0.1) is 10.6 Å². The van der Waals surface area contributed by atoms with Crippen LogP contribution in [-0.4, -0.2) is 39.8 Å². The van der Waals surface area contributed by atoms with Crippen molar-refractivity contribution >= 4 is 21.4 Å². The van der Waals surface area contributed by atoms with Gasteiger partial charge in [-0.05, 0) is 31.5 Å². The summed E-state index contributed by atoms with van der Waals surface area (Å²) >= 11 is 0. The number of halogens is 1. The second kappa shape index (κ2) is 7.37. The van der Waals surface area contributed by atoms with Gasteiger partial charge in [-0.15, -0.1) is 0 Å². The van der Waals surface area contributed by atoms with Gasteiger partial charge in [0.2, 0.25) is 5.91 Å². The van der Waals surface area contributed by atoms with Crippen molar-refractivity contribution in [1.82, 2.24) is 5.32 Å². The number of anilines is 1. The van der Waals surface area contributed by atoms with Crippen LogP contribution in [0.2, 0.25) is 0 Å². The van der Waals surface area contributed by atoms with Crippen molar-refractivity contribution in [3.8, 4) is 0 Å². The van der Waals surface area contributed by atoms with E-state index in [1.165, 1.54) is 14.0 Å². The Morgan fingerprint density at radius 3 is 2.71 bits per heavy atom. The van der Waals surface area contributed by atoms with Crippen LogP contribution >= 0.6 is 0 Å². The Labute approximate surface area is 123 Å². The fourth-order valence-electron chi connectivity index (χ4n) is 1.68. The molecule has 0 aliphatic carbocycles. The molecule has 1 rings (SSSR count). The number of nitrogens with one attached hydrogen (secondary N) is 1. The number of nitrogens with two attached hydrogens (primary N) is 1. The van der Waals surface area contributed by atoms with Crippen molar-refractivity contribution in [2.75, 3.05) is 26.0 Å². The molecular weight excluding hydrogens is 299 g/mol. The van der Waals surface area contributed by atoms with E-state index in [1.54, 1.807) is 0 Å². The maximum Gasteiger partial charge on any atom is 0.238 e. The van der Waals surface area contributed by atoms with Crippen molar-refractivity contribution in [2.45, 2.75) is 23.5 Å². The van der Waals surface area contributed by atoms with Gasteiger partial charge >= 0.3 is 0 Å². The Hall–Kier alpha value is -1.67. The number of carbonyl (C=O) groups excluding carboxylic acids is 1. The van der Waals surface area contributed by atoms with Crippen LogP contribution in [0.4, 0.5) is 10.1 Å². The second-order valence-corrected chi connectivity index (χ2v) is 6.74. The second-order valence-electron chi connectivity index (χ2n) is 4.51. The van der Waals surface area contributed by atoms with E-state index in [0.717, 1.165) is 18.2 Å². The molecule has 0 aliphatic heterocycles. The standard InChI is InChI=1S/C13H19FN2O4S/c1-9(13(17)16-6-3-7-20-2)21(18,19)12-5-4-10(14)8-11(12)15/h4-5,8-9H,3,6-7,15H2,1-2H3,(H,16,17). The van der Waals surface area contributed by atoms with Gasteiger partial charge in [0, 0.05) is 20.3 Å². The van der Waals surface area contributed by atoms with Gasteiger partial charge in [-0.3, -0.25) is 4.79 Å². The first-order valence-electron chi connectivity index (χ1n) is 6.36. The maximum atomic E-state index is 13.0. The highest BCUT2D eigenvalue weighted by Gasteiger charge is 2.31. The number of methoxy groups -OCH3 is 1. The Bertz CT molecular complexity index is 604. The molecule has 0 aromatic heterocycles. The van der Waals surface area contributed by atoms with E-state index in [0.29, 0.717) is 19.6 Å².